The molecule has 0 saturated heterocycles. The number of hydrogen-bond donors (Lipinski definition) is 2. The van der Waals surface area contributed by atoms with E-state index in [-0.39, 0.29) is 6.04 Å². The quantitative estimate of drug-likeness (QED) is 0.499. The number of nitrogens with one attached hydrogen (secondary N) is 2. The molecule has 6 heteroatoms. The van der Waals surface area contributed by atoms with Crippen LogP contribution in [0.3, 0.4) is 0 Å². The van der Waals surface area contributed by atoms with Crippen LogP contribution in [-0.2, 0) is 11.2 Å². The summed E-state index contributed by atoms with van der Waals surface area (Å²) < 4.78 is 16.5. The van der Waals surface area contributed by atoms with E-state index in [1.807, 2.05) is 24.3 Å². The van der Waals surface area contributed by atoms with E-state index >= 15 is 0 Å². The molecule has 0 radical (unpaired) electrons. The van der Waals surface area contributed by atoms with Crippen molar-refractivity contribution in [3.8, 4) is 5.75 Å². The van der Waals surface area contributed by atoms with Crippen molar-refractivity contribution in [2.75, 3.05) is 33.4 Å². The van der Waals surface area contributed by atoms with Gasteiger partial charge >= 0.3 is 0 Å². The number of furan rings is 1. The average molecular weight is 398 g/mol. The van der Waals surface area contributed by atoms with Crippen molar-refractivity contribution in [3.05, 3.63) is 54.0 Å². The van der Waals surface area contributed by atoms with Crippen molar-refractivity contribution in [2.45, 2.75) is 38.1 Å². The minimum Gasteiger partial charge on any atom is -0.493 e. The third-order valence-electron chi connectivity index (χ3n) is 5.88. The number of para-hydroxylation sites is 1. The molecule has 4 rings (SSSR count). The second-order valence-electron chi connectivity index (χ2n) is 8.04. The molecule has 1 unspecified atom stereocenters. The van der Waals surface area contributed by atoms with Gasteiger partial charge in [0.1, 0.15) is 11.5 Å². The highest BCUT2D eigenvalue weighted by atomic mass is 16.5. The van der Waals surface area contributed by atoms with Gasteiger partial charge in [0.25, 0.3) is 0 Å². The van der Waals surface area contributed by atoms with E-state index in [4.69, 9.17) is 18.9 Å². The molecule has 156 valence electrons. The van der Waals surface area contributed by atoms with Gasteiger partial charge in [0.2, 0.25) is 0 Å². The van der Waals surface area contributed by atoms with Crippen LogP contribution in [0.15, 0.2) is 52.1 Å². The van der Waals surface area contributed by atoms with Gasteiger partial charge in [0.05, 0.1) is 18.9 Å². The fourth-order valence-electron chi connectivity index (χ4n) is 3.80. The molecule has 1 aromatic carbocycles. The summed E-state index contributed by atoms with van der Waals surface area (Å²) in [5, 5.41) is 7.15. The number of guanidine groups is 1. The minimum atomic E-state index is 0.198. The van der Waals surface area contributed by atoms with Gasteiger partial charge in [-0.2, -0.15) is 0 Å². The summed E-state index contributed by atoms with van der Waals surface area (Å²) in [4.78, 5) is 4.96. The summed E-state index contributed by atoms with van der Waals surface area (Å²) >= 11 is 0. The van der Waals surface area contributed by atoms with Crippen LogP contribution < -0.4 is 15.4 Å². The number of benzene rings is 1. The number of ether oxygens (including phenoxy) is 2. The van der Waals surface area contributed by atoms with Crippen LogP contribution in [0, 0.1) is 5.41 Å². The molecule has 0 spiro atoms. The lowest BCUT2D eigenvalue weighted by Crippen LogP contribution is -2.42. The molecule has 2 heterocycles. The number of aliphatic imine (C=N–C) groups is 1. The maximum atomic E-state index is 5.81. The SMILES string of the molecule is COCCC1(CN=C(NCCc2ccco2)NC2CCOc3ccccc32)CC1. The van der Waals surface area contributed by atoms with E-state index in [2.05, 4.69) is 22.8 Å². The molecule has 1 atom stereocenters. The Morgan fingerprint density at radius 3 is 2.93 bits per heavy atom. The molecule has 2 aromatic rings. The molecule has 6 nitrogen and oxygen atoms in total. The van der Waals surface area contributed by atoms with Crippen LogP contribution in [0.25, 0.3) is 0 Å². The Hall–Kier alpha value is -2.47. The van der Waals surface area contributed by atoms with Gasteiger partial charge in [0.15, 0.2) is 5.96 Å². The summed E-state index contributed by atoms with van der Waals surface area (Å²) in [6.45, 7) is 3.12. The summed E-state index contributed by atoms with van der Waals surface area (Å²) in [5.74, 6) is 2.80. The lowest BCUT2D eigenvalue weighted by molar-refractivity contribution is 0.174. The topological polar surface area (TPSA) is 68.0 Å². The summed E-state index contributed by atoms with van der Waals surface area (Å²) in [6, 6.07) is 12.4. The van der Waals surface area contributed by atoms with Crippen molar-refractivity contribution >= 4 is 5.96 Å². The van der Waals surface area contributed by atoms with Crippen molar-refractivity contribution in [1.29, 1.82) is 0 Å². The second kappa shape index (κ2) is 9.35. The largest absolute Gasteiger partial charge is 0.493 e. The number of rotatable bonds is 9. The van der Waals surface area contributed by atoms with Gasteiger partial charge < -0.3 is 24.5 Å². The van der Waals surface area contributed by atoms with E-state index in [9.17, 15) is 0 Å². The summed E-state index contributed by atoms with van der Waals surface area (Å²) in [6.07, 6.45) is 7.01. The summed E-state index contributed by atoms with van der Waals surface area (Å²) in [5.41, 5.74) is 1.51. The van der Waals surface area contributed by atoms with E-state index in [1.54, 1.807) is 13.4 Å². The Bertz CT molecular complexity index is 799. The van der Waals surface area contributed by atoms with Crippen LogP contribution in [-0.4, -0.2) is 39.4 Å². The Labute approximate surface area is 172 Å². The van der Waals surface area contributed by atoms with Crippen LogP contribution in [0.2, 0.25) is 0 Å². The van der Waals surface area contributed by atoms with Gasteiger partial charge in [-0.15, -0.1) is 0 Å². The Morgan fingerprint density at radius 1 is 1.24 bits per heavy atom. The fraction of sp³-hybridized carbons (Fsp3) is 0.522. The molecule has 0 bridgehead atoms. The molecule has 1 aromatic heterocycles. The predicted molar refractivity (Wildman–Crippen MR) is 113 cm³/mol. The first-order chi connectivity index (χ1) is 14.3. The van der Waals surface area contributed by atoms with E-state index in [1.165, 1.54) is 18.4 Å². The van der Waals surface area contributed by atoms with Gasteiger partial charge in [-0.3, -0.25) is 4.99 Å². The number of fused-ring (bicyclic) bond motifs is 1. The molecule has 0 amide bonds. The van der Waals surface area contributed by atoms with E-state index < -0.39 is 0 Å². The average Bonchev–Trinajstić information content (AvgIpc) is 3.33. The maximum absolute atomic E-state index is 5.81. The van der Waals surface area contributed by atoms with Gasteiger partial charge in [0, 0.05) is 45.2 Å². The predicted octanol–water partition coefficient (Wildman–Crippen LogP) is 3.70. The van der Waals surface area contributed by atoms with E-state index in [0.717, 1.165) is 56.4 Å². The number of hydrogen-bond acceptors (Lipinski definition) is 4. The zero-order valence-corrected chi connectivity index (χ0v) is 17.2. The monoisotopic (exact) mass is 397 g/mol. The zero-order chi connectivity index (χ0) is 19.9. The van der Waals surface area contributed by atoms with Crippen molar-refractivity contribution in [3.63, 3.8) is 0 Å². The first-order valence-electron chi connectivity index (χ1n) is 10.6. The van der Waals surface area contributed by atoms with Crippen LogP contribution in [0.5, 0.6) is 5.75 Å². The normalized spacial score (nSPS) is 19.9. The third-order valence-corrected chi connectivity index (χ3v) is 5.88. The fourth-order valence-corrected chi connectivity index (χ4v) is 3.80. The smallest absolute Gasteiger partial charge is 0.191 e. The van der Waals surface area contributed by atoms with Crippen molar-refractivity contribution in [1.82, 2.24) is 10.6 Å². The molecule has 1 saturated carbocycles. The van der Waals surface area contributed by atoms with E-state index in [0.29, 0.717) is 12.0 Å². The molecular weight excluding hydrogens is 366 g/mol. The van der Waals surface area contributed by atoms with Crippen LogP contribution >= 0.6 is 0 Å². The maximum Gasteiger partial charge on any atom is 0.191 e. The van der Waals surface area contributed by atoms with Crippen LogP contribution in [0.1, 0.15) is 43.0 Å². The molecule has 29 heavy (non-hydrogen) atoms. The first-order valence-corrected chi connectivity index (χ1v) is 10.6. The lowest BCUT2D eigenvalue weighted by atomic mass is 10.0. The molecule has 2 N–H and O–H groups in total. The Balaban J connectivity index is 1.42. The van der Waals surface area contributed by atoms with Crippen molar-refractivity contribution < 1.29 is 13.9 Å². The van der Waals surface area contributed by atoms with Crippen molar-refractivity contribution in [2.24, 2.45) is 10.4 Å². The standard InChI is InChI=1S/C23H31N3O3/c1-27-16-12-23(10-11-23)17-25-22(24-13-8-18-5-4-14-28-18)26-20-9-15-29-21-7-3-2-6-19(20)21/h2-7,14,20H,8-13,15-17H2,1H3,(H2,24,25,26). The number of nitrogens with zero attached hydrogens (tertiary/aromatic N) is 1. The van der Waals surface area contributed by atoms with Gasteiger partial charge in [-0.1, -0.05) is 18.2 Å². The summed E-state index contributed by atoms with van der Waals surface area (Å²) in [7, 11) is 1.77. The minimum absolute atomic E-state index is 0.198. The Morgan fingerprint density at radius 2 is 2.14 bits per heavy atom. The Kier molecular flexibility index (Phi) is 6.39. The first kappa shape index (κ1) is 19.8. The van der Waals surface area contributed by atoms with Crippen LogP contribution in [0.4, 0.5) is 0 Å². The molecule has 1 fully saturated rings. The second-order valence-corrected chi connectivity index (χ2v) is 8.04. The highest BCUT2D eigenvalue weighted by molar-refractivity contribution is 5.80. The highest BCUT2D eigenvalue weighted by Gasteiger charge is 2.41. The molecule has 1 aliphatic carbocycles. The molecule has 1 aliphatic heterocycles. The lowest BCUT2D eigenvalue weighted by Gasteiger charge is -2.28. The highest BCUT2D eigenvalue weighted by Crippen LogP contribution is 2.49. The van der Waals surface area contributed by atoms with Gasteiger partial charge in [-0.05, 0) is 42.9 Å². The van der Waals surface area contributed by atoms with Gasteiger partial charge in [-0.25, -0.2) is 0 Å². The number of methoxy groups -OCH3 is 1. The zero-order valence-electron chi connectivity index (χ0n) is 17.2. The molecular formula is C23H31N3O3. The third kappa shape index (κ3) is 5.32. The molecule has 2 aliphatic rings.